The molecule has 0 radical (unpaired) electrons. The van der Waals surface area contributed by atoms with Gasteiger partial charge in [0.05, 0.1) is 19.1 Å². The van der Waals surface area contributed by atoms with Gasteiger partial charge in [0.25, 0.3) is 0 Å². The fourth-order valence-corrected chi connectivity index (χ4v) is 3.71. The molecule has 2 heterocycles. The second-order valence-electron chi connectivity index (χ2n) is 7.23. The molecule has 3 aromatic rings. The van der Waals surface area contributed by atoms with Gasteiger partial charge in [0.1, 0.15) is 41.5 Å². The molecular formula is C21H22O9. The van der Waals surface area contributed by atoms with Crippen molar-refractivity contribution in [2.24, 2.45) is 0 Å². The topological polar surface area (TPSA) is 139 Å². The predicted molar refractivity (Wildman–Crippen MR) is 106 cm³/mol. The van der Waals surface area contributed by atoms with E-state index in [1.807, 2.05) is 0 Å². The number of methoxy groups -OCH3 is 1. The second-order valence-corrected chi connectivity index (χ2v) is 7.23. The summed E-state index contributed by atoms with van der Waals surface area (Å²) in [5.41, 5.74) is 0.471. The minimum atomic E-state index is -1.56. The normalized spacial score (nSPS) is 26.8. The molecule has 0 amide bonds. The standard InChI is InChI=1S/C21H22O9/c1-9-5-11(28-21-19(25)18(24)17(23)15(8-22)30-21)7-14-16(9)13-6-10(27-2)3-4-12(13)20(26)29-14/h3-7,15,17-19,21-25H,8H2,1-2H3/t15-,17-,18+,19-,21-/m1/s1. The van der Waals surface area contributed by atoms with Gasteiger partial charge >= 0.3 is 5.63 Å². The molecule has 0 unspecified atom stereocenters. The van der Waals surface area contributed by atoms with Crippen LogP contribution >= 0.6 is 0 Å². The lowest BCUT2D eigenvalue weighted by atomic mass is 9.99. The lowest BCUT2D eigenvalue weighted by Crippen LogP contribution is -2.60. The van der Waals surface area contributed by atoms with Gasteiger partial charge in [0.2, 0.25) is 6.29 Å². The minimum Gasteiger partial charge on any atom is -0.497 e. The minimum absolute atomic E-state index is 0.217. The second kappa shape index (κ2) is 7.86. The average Bonchev–Trinajstić information content (AvgIpc) is 2.73. The smallest absolute Gasteiger partial charge is 0.344 e. The highest BCUT2D eigenvalue weighted by atomic mass is 16.7. The Morgan fingerprint density at radius 1 is 1.00 bits per heavy atom. The highest BCUT2D eigenvalue weighted by Crippen LogP contribution is 2.33. The van der Waals surface area contributed by atoms with Crippen molar-refractivity contribution in [2.45, 2.75) is 37.6 Å². The SMILES string of the molecule is COc1ccc2c(=O)oc3cc(O[C@@H]4O[C@H](CO)[C@@H](O)[C@H](O)[C@H]4O)cc(C)c3c2c1. The van der Waals surface area contributed by atoms with Crippen molar-refractivity contribution >= 4 is 21.7 Å². The van der Waals surface area contributed by atoms with E-state index in [1.165, 1.54) is 13.2 Å². The fourth-order valence-electron chi connectivity index (χ4n) is 3.71. The number of ether oxygens (including phenoxy) is 3. The van der Waals surface area contributed by atoms with Gasteiger partial charge in [-0.3, -0.25) is 0 Å². The summed E-state index contributed by atoms with van der Waals surface area (Å²) < 4.78 is 21.8. The lowest BCUT2D eigenvalue weighted by Gasteiger charge is -2.39. The first-order valence-corrected chi connectivity index (χ1v) is 9.36. The van der Waals surface area contributed by atoms with Crippen LogP contribution in [0.25, 0.3) is 21.7 Å². The highest BCUT2D eigenvalue weighted by Gasteiger charge is 2.44. The Morgan fingerprint density at radius 3 is 2.47 bits per heavy atom. The zero-order valence-corrected chi connectivity index (χ0v) is 16.3. The summed E-state index contributed by atoms with van der Waals surface area (Å²) in [7, 11) is 1.54. The number of benzene rings is 2. The fraction of sp³-hybridized carbons (Fsp3) is 0.381. The van der Waals surface area contributed by atoms with Crippen LogP contribution in [-0.2, 0) is 4.74 Å². The summed E-state index contributed by atoms with van der Waals surface area (Å²) >= 11 is 0. The van der Waals surface area contributed by atoms with E-state index >= 15 is 0 Å². The van der Waals surface area contributed by atoms with E-state index in [4.69, 9.17) is 18.6 Å². The number of aryl methyl sites for hydroxylation is 1. The largest absolute Gasteiger partial charge is 0.497 e. The van der Waals surface area contributed by atoms with Crippen molar-refractivity contribution in [3.05, 3.63) is 46.3 Å². The maximum Gasteiger partial charge on any atom is 0.344 e. The van der Waals surface area contributed by atoms with Crippen molar-refractivity contribution in [1.82, 2.24) is 0 Å². The number of fused-ring (bicyclic) bond motifs is 3. The molecule has 160 valence electrons. The molecule has 4 rings (SSSR count). The Morgan fingerprint density at radius 2 is 1.77 bits per heavy atom. The lowest BCUT2D eigenvalue weighted by molar-refractivity contribution is -0.277. The van der Waals surface area contributed by atoms with Crippen molar-refractivity contribution < 1.29 is 39.1 Å². The molecule has 1 aromatic heterocycles. The Balaban J connectivity index is 1.76. The zero-order chi connectivity index (χ0) is 21.6. The van der Waals surface area contributed by atoms with Gasteiger partial charge in [-0.1, -0.05) is 0 Å². The van der Waals surface area contributed by atoms with Crippen LogP contribution in [0.2, 0.25) is 0 Å². The van der Waals surface area contributed by atoms with Crippen molar-refractivity contribution in [1.29, 1.82) is 0 Å². The van der Waals surface area contributed by atoms with Crippen LogP contribution in [0.5, 0.6) is 11.5 Å². The molecule has 4 N–H and O–H groups in total. The third kappa shape index (κ3) is 3.40. The molecule has 9 heteroatoms. The number of hydrogen-bond donors (Lipinski definition) is 4. The maximum absolute atomic E-state index is 12.4. The van der Waals surface area contributed by atoms with Crippen LogP contribution in [0, 0.1) is 6.92 Å². The van der Waals surface area contributed by atoms with E-state index < -0.39 is 42.9 Å². The molecule has 1 fully saturated rings. The summed E-state index contributed by atoms with van der Waals surface area (Å²) in [5, 5.41) is 41.1. The summed E-state index contributed by atoms with van der Waals surface area (Å²) in [4.78, 5) is 12.4. The maximum atomic E-state index is 12.4. The van der Waals surface area contributed by atoms with Crippen molar-refractivity contribution in [2.75, 3.05) is 13.7 Å². The van der Waals surface area contributed by atoms with Crippen LogP contribution < -0.4 is 15.1 Å². The van der Waals surface area contributed by atoms with Crippen LogP contribution in [0.15, 0.2) is 39.5 Å². The van der Waals surface area contributed by atoms with E-state index in [0.717, 1.165) is 5.56 Å². The van der Waals surface area contributed by atoms with Crippen LogP contribution in [0.3, 0.4) is 0 Å². The molecule has 0 aliphatic carbocycles. The molecule has 9 nitrogen and oxygen atoms in total. The van der Waals surface area contributed by atoms with Crippen molar-refractivity contribution in [3.8, 4) is 11.5 Å². The first kappa shape index (κ1) is 20.6. The third-order valence-electron chi connectivity index (χ3n) is 5.29. The monoisotopic (exact) mass is 418 g/mol. The number of rotatable bonds is 4. The quantitative estimate of drug-likeness (QED) is 0.351. The summed E-state index contributed by atoms with van der Waals surface area (Å²) in [5.74, 6) is 0.810. The Bertz CT molecular complexity index is 1140. The van der Waals surface area contributed by atoms with Gasteiger partial charge in [-0.2, -0.15) is 0 Å². The van der Waals surface area contributed by atoms with E-state index in [2.05, 4.69) is 0 Å². The van der Waals surface area contributed by atoms with E-state index in [-0.39, 0.29) is 11.3 Å². The molecule has 0 saturated carbocycles. The molecule has 5 atom stereocenters. The molecule has 1 saturated heterocycles. The van der Waals surface area contributed by atoms with Crippen molar-refractivity contribution in [3.63, 3.8) is 0 Å². The summed E-state index contributed by atoms with van der Waals surface area (Å²) in [6.45, 7) is 1.24. The van der Waals surface area contributed by atoms with E-state index in [9.17, 15) is 25.2 Å². The Hall–Kier alpha value is -2.69. The van der Waals surface area contributed by atoms with E-state index in [1.54, 1.807) is 31.2 Å². The van der Waals surface area contributed by atoms with Crippen LogP contribution in [0.1, 0.15) is 5.56 Å². The zero-order valence-electron chi connectivity index (χ0n) is 16.3. The highest BCUT2D eigenvalue weighted by molar-refractivity contribution is 6.06. The Kier molecular flexibility index (Phi) is 5.39. The molecule has 1 aliphatic heterocycles. The van der Waals surface area contributed by atoms with Gasteiger partial charge in [-0.25, -0.2) is 4.79 Å². The van der Waals surface area contributed by atoms with Gasteiger partial charge in [0.15, 0.2) is 0 Å². The number of aliphatic hydroxyl groups excluding tert-OH is 4. The third-order valence-corrected chi connectivity index (χ3v) is 5.29. The van der Waals surface area contributed by atoms with Gasteiger partial charge < -0.3 is 39.1 Å². The molecule has 0 bridgehead atoms. The average molecular weight is 418 g/mol. The Labute approximate surface area is 170 Å². The molecule has 1 aliphatic rings. The molecule has 30 heavy (non-hydrogen) atoms. The van der Waals surface area contributed by atoms with E-state index in [0.29, 0.717) is 21.9 Å². The van der Waals surface area contributed by atoms with Crippen LogP contribution in [0.4, 0.5) is 0 Å². The van der Waals surface area contributed by atoms with Gasteiger partial charge in [-0.15, -0.1) is 0 Å². The van der Waals surface area contributed by atoms with Crippen LogP contribution in [-0.4, -0.2) is 64.8 Å². The molecular weight excluding hydrogens is 396 g/mol. The van der Waals surface area contributed by atoms with Gasteiger partial charge in [0, 0.05) is 16.8 Å². The summed E-state index contributed by atoms with van der Waals surface area (Å²) in [6.07, 6.45) is -7.03. The molecule has 0 spiro atoms. The number of hydrogen-bond acceptors (Lipinski definition) is 9. The first-order valence-electron chi connectivity index (χ1n) is 9.36. The molecule has 2 aromatic carbocycles. The summed E-state index contributed by atoms with van der Waals surface area (Å²) in [6, 6.07) is 8.21. The van der Waals surface area contributed by atoms with Gasteiger partial charge in [-0.05, 0) is 36.8 Å². The predicted octanol–water partition coefficient (Wildman–Crippen LogP) is 0.442. The first-order chi connectivity index (χ1) is 14.3. The number of aliphatic hydroxyl groups is 4.